The molecule has 2 unspecified atom stereocenters. The van der Waals surface area contributed by atoms with Gasteiger partial charge in [-0.3, -0.25) is 14.4 Å². The van der Waals surface area contributed by atoms with Gasteiger partial charge < -0.3 is 21.1 Å². The van der Waals surface area contributed by atoms with Crippen molar-refractivity contribution in [1.29, 1.82) is 0 Å². The van der Waals surface area contributed by atoms with Crippen molar-refractivity contribution in [1.82, 2.24) is 16.0 Å². The number of aromatic hydroxyl groups is 1. The van der Waals surface area contributed by atoms with Gasteiger partial charge in [-0.25, -0.2) is 8.42 Å². The molecule has 40 heavy (non-hydrogen) atoms. The second-order valence-corrected chi connectivity index (χ2v) is 12.6. The Hall–Kier alpha value is -3.66. The second-order valence-electron chi connectivity index (χ2n) is 10.7. The highest BCUT2D eigenvalue weighted by Crippen LogP contribution is 2.16. The summed E-state index contributed by atoms with van der Waals surface area (Å²) in [5, 5.41) is 19.0. The van der Waals surface area contributed by atoms with E-state index in [0.29, 0.717) is 12.8 Å². The fraction of sp³-hybridized carbons (Fsp3) is 0.433. The quantitative estimate of drug-likeness (QED) is 0.274. The minimum atomic E-state index is -3.76. The zero-order valence-electron chi connectivity index (χ0n) is 23.8. The molecule has 0 bridgehead atoms. The van der Waals surface area contributed by atoms with E-state index < -0.39 is 39.8 Å². The second kappa shape index (κ2) is 15.2. The molecule has 0 saturated heterocycles. The Balaban J connectivity index is 2.31. The molecule has 9 nitrogen and oxygen atoms in total. The number of phenolic OH excluding ortho intramolecular Hbond substituents is 1. The Labute approximate surface area is 237 Å². The van der Waals surface area contributed by atoms with Crippen molar-refractivity contribution in [2.24, 2.45) is 11.8 Å². The first-order chi connectivity index (χ1) is 18.8. The lowest BCUT2D eigenvalue weighted by atomic mass is 9.99. The third-order valence-corrected chi connectivity index (χ3v) is 7.47. The van der Waals surface area contributed by atoms with Crippen molar-refractivity contribution in [2.75, 3.05) is 0 Å². The Kier molecular flexibility index (Phi) is 12.4. The summed E-state index contributed by atoms with van der Waals surface area (Å²) in [4.78, 5) is 38.4. The molecular weight excluding hydrogens is 530 g/mol. The van der Waals surface area contributed by atoms with E-state index >= 15 is 0 Å². The molecule has 2 aromatic rings. The average Bonchev–Trinajstić information content (AvgIpc) is 2.87. The third kappa shape index (κ3) is 11.2. The standard InChI is InChI=1S/C30H41N3O6S/c1-20(2)17-27(31-22(5)34)30(37)33-28(18-21(3)4)29(36)32-24(19-23-11-13-25(35)14-12-23)15-16-40(38,39)26-9-7-6-8-10-26/h6-16,20-21,24,27-28,35H,17-19H2,1-5H3,(H,31,34)(H,32,36)(H,33,37)/b16-15+/t24-,27?,28?/m1/s1. The molecule has 10 heteroatoms. The molecule has 0 radical (unpaired) electrons. The molecule has 0 saturated carbocycles. The molecule has 0 fully saturated rings. The number of carbonyl (C=O) groups is 3. The number of benzene rings is 2. The maximum absolute atomic E-state index is 13.5. The highest BCUT2D eigenvalue weighted by Gasteiger charge is 2.28. The first-order valence-electron chi connectivity index (χ1n) is 13.4. The van der Waals surface area contributed by atoms with Gasteiger partial charge in [-0.1, -0.05) is 64.1 Å². The van der Waals surface area contributed by atoms with Gasteiger partial charge >= 0.3 is 0 Å². The predicted molar refractivity (Wildman–Crippen MR) is 155 cm³/mol. The van der Waals surface area contributed by atoms with Crippen LogP contribution < -0.4 is 16.0 Å². The first-order valence-corrected chi connectivity index (χ1v) is 15.0. The molecule has 0 aromatic heterocycles. The average molecular weight is 572 g/mol. The topological polar surface area (TPSA) is 142 Å². The monoisotopic (exact) mass is 571 g/mol. The predicted octanol–water partition coefficient (Wildman–Crippen LogP) is 3.49. The smallest absolute Gasteiger partial charge is 0.243 e. The SMILES string of the molecule is CC(=O)NC(CC(C)C)C(=O)NC(CC(C)C)C(=O)N[C@H](/C=C/S(=O)(=O)c1ccccc1)Cc1ccc(O)cc1. The highest BCUT2D eigenvalue weighted by atomic mass is 32.2. The van der Waals surface area contributed by atoms with Gasteiger partial charge in [-0.15, -0.1) is 0 Å². The lowest BCUT2D eigenvalue weighted by Crippen LogP contribution is -2.55. The van der Waals surface area contributed by atoms with E-state index in [2.05, 4.69) is 16.0 Å². The molecule has 0 aliphatic heterocycles. The lowest BCUT2D eigenvalue weighted by Gasteiger charge is -2.26. The third-order valence-electron chi connectivity index (χ3n) is 6.02. The van der Waals surface area contributed by atoms with Gasteiger partial charge in [0.1, 0.15) is 17.8 Å². The van der Waals surface area contributed by atoms with Crippen LogP contribution in [0.25, 0.3) is 0 Å². The first kappa shape index (κ1) is 32.6. The summed E-state index contributed by atoms with van der Waals surface area (Å²) in [6, 6.07) is 11.9. The summed E-state index contributed by atoms with van der Waals surface area (Å²) in [6.07, 6.45) is 2.41. The summed E-state index contributed by atoms with van der Waals surface area (Å²) in [5.74, 6) is -0.997. The molecule has 3 atom stereocenters. The van der Waals surface area contributed by atoms with Crippen molar-refractivity contribution in [3.63, 3.8) is 0 Å². The van der Waals surface area contributed by atoms with Gasteiger partial charge in [0.2, 0.25) is 17.7 Å². The number of nitrogens with one attached hydrogen (secondary N) is 3. The van der Waals surface area contributed by atoms with Gasteiger partial charge in [-0.2, -0.15) is 0 Å². The van der Waals surface area contributed by atoms with Crippen LogP contribution in [0.2, 0.25) is 0 Å². The minimum absolute atomic E-state index is 0.0601. The number of sulfone groups is 1. The summed E-state index contributed by atoms with van der Waals surface area (Å²) >= 11 is 0. The van der Waals surface area contributed by atoms with Crippen LogP contribution in [0.3, 0.4) is 0 Å². The lowest BCUT2D eigenvalue weighted by molar-refractivity contribution is -0.132. The number of amides is 3. The van der Waals surface area contributed by atoms with E-state index in [1.807, 2.05) is 27.7 Å². The summed E-state index contributed by atoms with van der Waals surface area (Å²) in [5.41, 5.74) is 0.761. The maximum Gasteiger partial charge on any atom is 0.243 e. The van der Waals surface area contributed by atoms with E-state index in [9.17, 15) is 27.9 Å². The van der Waals surface area contributed by atoms with Crippen molar-refractivity contribution < 1.29 is 27.9 Å². The van der Waals surface area contributed by atoms with Crippen LogP contribution in [-0.2, 0) is 30.6 Å². The molecule has 2 aromatic carbocycles. The van der Waals surface area contributed by atoms with Crippen LogP contribution in [-0.4, -0.2) is 49.4 Å². The molecule has 3 amide bonds. The molecule has 0 aliphatic carbocycles. The normalized spacial score (nSPS) is 14.1. The maximum atomic E-state index is 13.5. The Morgan fingerprint density at radius 2 is 1.32 bits per heavy atom. The number of hydrogen-bond acceptors (Lipinski definition) is 6. The van der Waals surface area contributed by atoms with Crippen molar-refractivity contribution >= 4 is 27.6 Å². The van der Waals surface area contributed by atoms with Gasteiger partial charge in [0.15, 0.2) is 9.84 Å². The van der Waals surface area contributed by atoms with E-state index in [1.165, 1.54) is 37.3 Å². The van der Waals surface area contributed by atoms with Gasteiger partial charge in [0, 0.05) is 12.3 Å². The molecule has 0 aliphatic rings. The molecule has 0 spiro atoms. The number of carbonyl (C=O) groups excluding carboxylic acids is 3. The Morgan fingerprint density at radius 1 is 0.800 bits per heavy atom. The van der Waals surface area contributed by atoms with Crippen LogP contribution in [0.4, 0.5) is 0 Å². The number of phenols is 1. The fourth-order valence-electron chi connectivity index (χ4n) is 4.15. The van der Waals surface area contributed by atoms with Crippen LogP contribution in [0.1, 0.15) is 53.0 Å². The van der Waals surface area contributed by atoms with Crippen LogP contribution >= 0.6 is 0 Å². The van der Waals surface area contributed by atoms with E-state index in [1.54, 1.807) is 30.3 Å². The van der Waals surface area contributed by atoms with Crippen molar-refractivity contribution in [3.05, 3.63) is 71.6 Å². The van der Waals surface area contributed by atoms with E-state index in [0.717, 1.165) is 11.0 Å². The van der Waals surface area contributed by atoms with Gasteiger partial charge in [0.05, 0.1) is 10.9 Å². The Bertz CT molecular complexity index is 1260. The summed E-state index contributed by atoms with van der Waals surface area (Å²) < 4.78 is 25.7. The van der Waals surface area contributed by atoms with E-state index in [4.69, 9.17) is 0 Å². The largest absolute Gasteiger partial charge is 0.508 e. The molecule has 4 N–H and O–H groups in total. The van der Waals surface area contributed by atoms with Gasteiger partial charge in [-0.05, 0) is 60.9 Å². The highest BCUT2D eigenvalue weighted by molar-refractivity contribution is 7.94. The summed E-state index contributed by atoms with van der Waals surface area (Å²) in [7, 11) is -3.76. The Morgan fingerprint density at radius 3 is 1.85 bits per heavy atom. The summed E-state index contributed by atoms with van der Waals surface area (Å²) in [6.45, 7) is 9.05. The molecule has 0 heterocycles. The van der Waals surface area contributed by atoms with Crippen molar-refractivity contribution in [3.8, 4) is 5.75 Å². The van der Waals surface area contributed by atoms with Crippen LogP contribution in [0.15, 0.2) is 71.0 Å². The zero-order valence-corrected chi connectivity index (χ0v) is 24.6. The van der Waals surface area contributed by atoms with Gasteiger partial charge in [0.25, 0.3) is 0 Å². The number of rotatable bonds is 14. The van der Waals surface area contributed by atoms with E-state index in [-0.39, 0.29) is 34.8 Å². The zero-order chi connectivity index (χ0) is 29.9. The fourth-order valence-corrected chi connectivity index (χ4v) is 5.24. The van der Waals surface area contributed by atoms with Crippen molar-refractivity contribution in [2.45, 2.75) is 76.9 Å². The number of hydrogen-bond donors (Lipinski definition) is 4. The minimum Gasteiger partial charge on any atom is -0.508 e. The van der Waals surface area contributed by atoms with Crippen LogP contribution in [0, 0.1) is 11.8 Å². The van der Waals surface area contributed by atoms with Crippen LogP contribution in [0.5, 0.6) is 5.75 Å². The molecule has 218 valence electrons. The molecule has 2 rings (SSSR count). The molecular formula is C30H41N3O6S.